The predicted octanol–water partition coefficient (Wildman–Crippen LogP) is 4.05. The number of hydrogen-bond acceptors (Lipinski definition) is 6. The molecule has 0 unspecified atom stereocenters. The number of carbonyl (C=O) groups excluding carboxylic acids is 1. The van der Waals surface area contributed by atoms with Crippen molar-refractivity contribution in [3.05, 3.63) is 81.2 Å². The molecule has 0 bridgehead atoms. The number of nitro groups is 1. The Hall–Kier alpha value is -3.24. The van der Waals surface area contributed by atoms with Crippen molar-refractivity contribution in [2.24, 2.45) is 0 Å². The molecule has 154 valence electrons. The van der Waals surface area contributed by atoms with Crippen LogP contribution in [-0.2, 0) is 16.4 Å². The van der Waals surface area contributed by atoms with E-state index >= 15 is 0 Å². The van der Waals surface area contributed by atoms with E-state index in [4.69, 9.17) is 0 Å². The lowest BCUT2D eigenvalue weighted by molar-refractivity contribution is -0.384. The number of thiophene rings is 1. The molecule has 0 saturated carbocycles. The molecule has 0 spiro atoms. The van der Waals surface area contributed by atoms with Gasteiger partial charge in [-0.15, -0.1) is 11.3 Å². The van der Waals surface area contributed by atoms with Crippen LogP contribution in [0.5, 0.6) is 0 Å². The van der Waals surface area contributed by atoms with E-state index in [1.807, 2.05) is 0 Å². The first-order valence-corrected chi connectivity index (χ1v) is 11.4. The highest BCUT2D eigenvalue weighted by Gasteiger charge is 2.30. The number of fused-ring (bicyclic) bond motifs is 1. The van der Waals surface area contributed by atoms with Gasteiger partial charge in [-0.05, 0) is 60.2 Å². The van der Waals surface area contributed by atoms with E-state index in [9.17, 15) is 23.3 Å². The van der Waals surface area contributed by atoms with Gasteiger partial charge in [0.15, 0.2) is 0 Å². The van der Waals surface area contributed by atoms with Crippen molar-refractivity contribution in [2.75, 3.05) is 16.2 Å². The molecule has 1 aliphatic heterocycles. The number of anilines is 2. The summed E-state index contributed by atoms with van der Waals surface area (Å²) in [4.78, 5) is 22.7. The zero-order chi connectivity index (χ0) is 21.3. The minimum absolute atomic E-state index is 0.0904. The zero-order valence-electron chi connectivity index (χ0n) is 15.6. The van der Waals surface area contributed by atoms with Crippen LogP contribution in [-0.4, -0.2) is 25.8 Å². The van der Waals surface area contributed by atoms with Gasteiger partial charge in [-0.1, -0.05) is 6.07 Å². The molecule has 1 N–H and O–H groups in total. The van der Waals surface area contributed by atoms with E-state index in [0.717, 1.165) is 5.56 Å². The Morgan fingerprint density at radius 3 is 2.57 bits per heavy atom. The maximum Gasteiger partial charge on any atom is 0.273 e. The highest BCUT2D eigenvalue weighted by atomic mass is 32.2. The number of benzene rings is 2. The Kier molecular flexibility index (Phi) is 5.27. The predicted molar refractivity (Wildman–Crippen MR) is 115 cm³/mol. The van der Waals surface area contributed by atoms with Crippen molar-refractivity contribution in [3.8, 4) is 0 Å². The molecule has 3 aromatic rings. The number of nitrogens with zero attached hydrogens (tertiary/aromatic N) is 2. The maximum atomic E-state index is 13.0. The fraction of sp³-hybridized carbons (Fsp3) is 0.150. The molecule has 0 atom stereocenters. The summed E-state index contributed by atoms with van der Waals surface area (Å²) in [5.41, 5.74) is 2.19. The summed E-state index contributed by atoms with van der Waals surface area (Å²) in [6, 6.07) is 13.8. The first-order chi connectivity index (χ1) is 14.4. The van der Waals surface area contributed by atoms with Crippen molar-refractivity contribution < 1.29 is 18.1 Å². The van der Waals surface area contributed by atoms with E-state index in [1.54, 1.807) is 35.7 Å². The topological polar surface area (TPSA) is 110 Å². The number of carbonyl (C=O) groups is 1. The average Bonchev–Trinajstić information content (AvgIpc) is 3.29. The largest absolute Gasteiger partial charge is 0.322 e. The Labute approximate surface area is 177 Å². The van der Waals surface area contributed by atoms with Crippen LogP contribution >= 0.6 is 11.3 Å². The zero-order valence-corrected chi connectivity index (χ0v) is 17.3. The van der Waals surface area contributed by atoms with Crippen LogP contribution in [0, 0.1) is 10.1 Å². The van der Waals surface area contributed by atoms with Crippen LogP contribution in [0.15, 0.2) is 64.2 Å². The van der Waals surface area contributed by atoms with Gasteiger partial charge in [0.05, 0.1) is 10.6 Å². The van der Waals surface area contributed by atoms with Gasteiger partial charge in [-0.2, -0.15) is 0 Å². The second-order valence-electron chi connectivity index (χ2n) is 6.71. The van der Waals surface area contributed by atoms with Crippen LogP contribution in [0.25, 0.3) is 0 Å². The second-order valence-corrected chi connectivity index (χ2v) is 9.75. The van der Waals surface area contributed by atoms with Gasteiger partial charge in [0, 0.05) is 29.9 Å². The molecule has 30 heavy (non-hydrogen) atoms. The summed E-state index contributed by atoms with van der Waals surface area (Å²) in [6.45, 7) is 0.404. The normalized spacial score (nSPS) is 13.5. The van der Waals surface area contributed by atoms with Gasteiger partial charge in [0.2, 0.25) is 0 Å². The molecular weight excluding hydrogens is 426 g/mol. The lowest BCUT2D eigenvalue weighted by atomic mass is 10.0. The minimum atomic E-state index is -3.61. The molecule has 8 nitrogen and oxygen atoms in total. The van der Waals surface area contributed by atoms with E-state index in [2.05, 4.69) is 5.32 Å². The van der Waals surface area contributed by atoms with Crippen LogP contribution in [0.4, 0.5) is 17.1 Å². The van der Waals surface area contributed by atoms with Gasteiger partial charge >= 0.3 is 0 Å². The number of non-ortho nitro benzene ring substituents is 1. The number of aryl methyl sites for hydroxylation is 1. The van der Waals surface area contributed by atoms with Gasteiger partial charge in [0.1, 0.15) is 4.21 Å². The van der Waals surface area contributed by atoms with E-state index in [0.29, 0.717) is 40.5 Å². The Morgan fingerprint density at radius 2 is 1.90 bits per heavy atom. The van der Waals surface area contributed by atoms with Gasteiger partial charge in [-0.3, -0.25) is 19.2 Å². The number of amides is 1. The quantitative estimate of drug-likeness (QED) is 0.473. The Bertz CT molecular complexity index is 1210. The molecule has 0 aliphatic carbocycles. The molecule has 2 heterocycles. The maximum absolute atomic E-state index is 13.0. The number of nitro benzene ring substituents is 1. The first-order valence-electron chi connectivity index (χ1n) is 9.11. The van der Waals surface area contributed by atoms with Gasteiger partial charge in [0.25, 0.3) is 21.6 Å². The Balaban J connectivity index is 1.57. The summed E-state index contributed by atoms with van der Waals surface area (Å²) in [5, 5.41) is 15.2. The smallest absolute Gasteiger partial charge is 0.273 e. The van der Waals surface area contributed by atoms with Gasteiger partial charge < -0.3 is 5.32 Å². The monoisotopic (exact) mass is 443 g/mol. The van der Waals surface area contributed by atoms with Crippen molar-refractivity contribution in [1.29, 1.82) is 0 Å². The summed E-state index contributed by atoms with van der Waals surface area (Å²) in [6.07, 6.45) is 1.38. The number of rotatable bonds is 5. The second kappa shape index (κ2) is 7.88. The lowest BCUT2D eigenvalue weighted by Gasteiger charge is -2.30. The van der Waals surface area contributed by atoms with Crippen molar-refractivity contribution in [3.63, 3.8) is 0 Å². The minimum Gasteiger partial charge on any atom is -0.322 e. The van der Waals surface area contributed by atoms with Crippen LogP contribution in [0.1, 0.15) is 22.3 Å². The van der Waals surface area contributed by atoms with Crippen molar-refractivity contribution >= 4 is 44.3 Å². The molecular formula is C20H17N3O5S2. The van der Waals surface area contributed by atoms with E-state index in [-0.39, 0.29) is 5.69 Å². The standard InChI is InChI=1S/C20H17N3O5S2/c24-20(14-5-8-17(9-6-14)23(25)26)21-16-7-10-18-15(13-16)3-1-11-22(18)30(27,28)19-4-2-12-29-19/h2,4-10,12-13H,1,3,11H2,(H,21,24). The molecule has 1 amide bonds. The van der Waals surface area contributed by atoms with Gasteiger partial charge in [-0.25, -0.2) is 8.42 Å². The van der Waals surface area contributed by atoms with Crippen molar-refractivity contribution in [1.82, 2.24) is 0 Å². The number of hydrogen-bond donors (Lipinski definition) is 1. The first kappa shape index (κ1) is 20.0. The Morgan fingerprint density at radius 1 is 1.13 bits per heavy atom. The highest BCUT2D eigenvalue weighted by molar-refractivity contribution is 7.94. The summed E-state index contributed by atoms with van der Waals surface area (Å²) in [5.74, 6) is -0.399. The summed E-state index contributed by atoms with van der Waals surface area (Å²) >= 11 is 1.18. The molecule has 0 saturated heterocycles. The molecule has 0 fully saturated rings. The lowest BCUT2D eigenvalue weighted by Crippen LogP contribution is -2.35. The molecule has 1 aliphatic rings. The van der Waals surface area contributed by atoms with E-state index in [1.165, 1.54) is 39.9 Å². The third-order valence-electron chi connectivity index (χ3n) is 4.79. The average molecular weight is 444 g/mol. The molecule has 2 aromatic carbocycles. The van der Waals surface area contributed by atoms with Crippen LogP contribution in [0.2, 0.25) is 0 Å². The fourth-order valence-corrected chi connectivity index (χ4v) is 5.99. The fourth-order valence-electron chi connectivity index (χ4n) is 3.35. The van der Waals surface area contributed by atoms with Crippen LogP contribution < -0.4 is 9.62 Å². The van der Waals surface area contributed by atoms with Crippen LogP contribution in [0.3, 0.4) is 0 Å². The summed E-state index contributed by atoms with van der Waals surface area (Å²) in [7, 11) is -3.61. The summed E-state index contributed by atoms with van der Waals surface area (Å²) < 4.78 is 27.6. The van der Waals surface area contributed by atoms with E-state index < -0.39 is 20.9 Å². The SMILES string of the molecule is O=C(Nc1ccc2c(c1)CCCN2S(=O)(=O)c1cccs1)c1ccc([N+](=O)[O-])cc1. The number of nitrogens with one attached hydrogen (secondary N) is 1. The molecule has 10 heteroatoms. The molecule has 0 radical (unpaired) electrons. The molecule has 4 rings (SSSR count). The third-order valence-corrected chi connectivity index (χ3v) is 7.98. The highest BCUT2D eigenvalue weighted by Crippen LogP contribution is 2.34. The third kappa shape index (κ3) is 3.79. The van der Waals surface area contributed by atoms with Crippen molar-refractivity contribution in [2.45, 2.75) is 17.1 Å². The molecule has 1 aromatic heterocycles. The number of sulfonamides is 1.